The van der Waals surface area contributed by atoms with Gasteiger partial charge >= 0.3 is 11.9 Å². The topological polar surface area (TPSA) is 138 Å². The van der Waals surface area contributed by atoms with Crippen LogP contribution in [0.2, 0.25) is 0 Å². The predicted molar refractivity (Wildman–Crippen MR) is 122 cm³/mol. The summed E-state index contributed by atoms with van der Waals surface area (Å²) in [5, 5.41) is 12.4. The van der Waals surface area contributed by atoms with Crippen molar-refractivity contribution in [1.82, 2.24) is 0 Å². The Labute approximate surface area is 218 Å². The van der Waals surface area contributed by atoms with Gasteiger partial charge in [0.2, 0.25) is 5.79 Å². The summed E-state index contributed by atoms with van der Waals surface area (Å²) in [5.74, 6) is -6.56. The lowest BCUT2D eigenvalue weighted by Gasteiger charge is -2.63. The lowest BCUT2D eigenvalue weighted by molar-refractivity contribution is -0.375. The zero-order valence-electron chi connectivity index (χ0n) is 21.5. The number of ketones is 2. The minimum Gasteiger partial charge on any atom is -0.458 e. The number of hydrogen-bond donors (Lipinski definition) is 1. The molecule has 0 aromatic heterocycles. The maximum Gasteiger partial charge on any atom is 0.342 e. The van der Waals surface area contributed by atoms with Gasteiger partial charge in [0.1, 0.15) is 11.7 Å². The van der Waals surface area contributed by atoms with E-state index in [0.29, 0.717) is 12.8 Å². The highest BCUT2D eigenvalue weighted by molar-refractivity contribution is 6.00. The third kappa shape index (κ3) is 1.79. The third-order valence-electron chi connectivity index (χ3n) is 12.9. The molecule has 9 aliphatic rings. The SMILES string of the molecule is C[C@@]12C[C@H]3OC(=O)[C@@H]1CO[C@]14O[C@]5(C2C1=O)[C@@](O)(CCC1C4C[C@H]2O[C@]24CC=CC(=O)[C@]14C)C(=O)O[C@@]35C. The molecule has 3 aliphatic carbocycles. The van der Waals surface area contributed by atoms with Gasteiger partial charge in [-0.05, 0) is 63.4 Å². The molecule has 9 rings (SSSR count). The van der Waals surface area contributed by atoms with E-state index in [2.05, 4.69) is 0 Å². The Kier molecular flexibility index (Phi) is 3.47. The minimum absolute atomic E-state index is 0.0583. The first-order valence-corrected chi connectivity index (χ1v) is 13.8. The monoisotopic (exact) mass is 526 g/mol. The first kappa shape index (κ1) is 22.7. The Bertz CT molecular complexity index is 1340. The second-order valence-corrected chi connectivity index (χ2v) is 13.8. The molecule has 202 valence electrons. The minimum atomic E-state index is -2.19. The first-order valence-electron chi connectivity index (χ1n) is 13.8. The maximum atomic E-state index is 14.9. The van der Waals surface area contributed by atoms with Crippen LogP contribution in [0, 0.1) is 34.5 Å². The van der Waals surface area contributed by atoms with Crippen LogP contribution in [0.3, 0.4) is 0 Å². The van der Waals surface area contributed by atoms with Crippen LogP contribution in [0.25, 0.3) is 0 Å². The van der Waals surface area contributed by atoms with E-state index in [1.165, 1.54) is 0 Å². The molecule has 13 atom stereocenters. The summed E-state index contributed by atoms with van der Waals surface area (Å²) in [4.78, 5) is 55.6. The lowest BCUT2D eigenvalue weighted by atomic mass is 9.46. The molecule has 1 N–H and O–H groups in total. The number of carbonyl (C=O) groups excluding carboxylic acids is 4. The average Bonchev–Trinajstić information content (AvgIpc) is 3.45. The summed E-state index contributed by atoms with van der Waals surface area (Å²) in [7, 11) is 0. The van der Waals surface area contributed by atoms with E-state index in [0.717, 1.165) is 0 Å². The van der Waals surface area contributed by atoms with Crippen LogP contribution in [0.4, 0.5) is 0 Å². The molecule has 6 aliphatic heterocycles. The van der Waals surface area contributed by atoms with Crippen molar-refractivity contribution >= 4 is 23.5 Å². The van der Waals surface area contributed by atoms with E-state index in [4.69, 9.17) is 23.7 Å². The number of fused-ring (bicyclic) bond motifs is 4. The molecule has 0 radical (unpaired) electrons. The smallest absolute Gasteiger partial charge is 0.342 e. The van der Waals surface area contributed by atoms with Crippen LogP contribution < -0.4 is 0 Å². The highest BCUT2D eigenvalue weighted by Crippen LogP contribution is 2.77. The molecule has 3 unspecified atom stereocenters. The van der Waals surface area contributed by atoms with Gasteiger partial charge in [-0.1, -0.05) is 13.0 Å². The fourth-order valence-corrected chi connectivity index (χ4v) is 10.9. The second-order valence-electron chi connectivity index (χ2n) is 13.8. The van der Waals surface area contributed by atoms with Gasteiger partial charge < -0.3 is 28.8 Å². The van der Waals surface area contributed by atoms with Crippen molar-refractivity contribution in [1.29, 1.82) is 0 Å². The van der Waals surface area contributed by atoms with Crippen LogP contribution in [0.1, 0.15) is 52.9 Å². The van der Waals surface area contributed by atoms with Gasteiger partial charge in [-0.15, -0.1) is 0 Å². The molecule has 6 heterocycles. The quantitative estimate of drug-likeness (QED) is 0.356. The number of allylic oxidation sites excluding steroid dienone is 1. The third-order valence-corrected chi connectivity index (χ3v) is 12.9. The van der Waals surface area contributed by atoms with E-state index in [1.54, 1.807) is 13.0 Å². The Morgan fingerprint density at radius 2 is 1.84 bits per heavy atom. The van der Waals surface area contributed by atoms with Gasteiger partial charge in [0.25, 0.3) is 0 Å². The standard InChI is InChI=1S/C28H30O10/c1-22-10-17-24(3)28-18(22)19(30)27(38-28,34-11-14(22)20(31)35-17)13-9-16-26(36-16)7-4-5-15(29)23(26,2)12(13)6-8-25(28,33)21(32)37-24/h4-5,12-14,16-18,33H,6-11H2,1-3H3/t12?,13?,14-,16+,17+,18?,22+,23-,24-,25+,26+,27+,28-/m0/s1. The Balaban J connectivity index is 1.34. The van der Waals surface area contributed by atoms with Gasteiger partial charge in [0, 0.05) is 5.92 Å². The Morgan fingerprint density at radius 3 is 2.63 bits per heavy atom. The molecule has 0 aromatic rings. The van der Waals surface area contributed by atoms with Crippen molar-refractivity contribution in [3.05, 3.63) is 12.2 Å². The molecule has 5 bridgehead atoms. The van der Waals surface area contributed by atoms with E-state index in [9.17, 15) is 24.3 Å². The second kappa shape index (κ2) is 5.82. The highest BCUT2D eigenvalue weighted by Gasteiger charge is 2.94. The summed E-state index contributed by atoms with van der Waals surface area (Å²) in [6.07, 6.45) is 3.82. The number of Topliss-reactive ketones (excluding diaryl/α,β-unsaturated/α-hetero) is 1. The van der Waals surface area contributed by atoms with Crippen molar-refractivity contribution in [3.63, 3.8) is 0 Å². The summed E-state index contributed by atoms with van der Waals surface area (Å²) < 4.78 is 31.5. The van der Waals surface area contributed by atoms with Crippen LogP contribution >= 0.6 is 0 Å². The van der Waals surface area contributed by atoms with Crippen molar-refractivity contribution in [2.45, 2.75) is 93.3 Å². The van der Waals surface area contributed by atoms with E-state index in [-0.39, 0.29) is 43.5 Å². The van der Waals surface area contributed by atoms with Crippen molar-refractivity contribution in [2.24, 2.45) is 34.5 Å². The molecule has 3 spiro atoms. The number of ether oxygens (including phenoxy) is 5. The van der Waals surface area contributed by atoms with Gasteiger partial charge in [-0.25, -0.2) is 4.79 Å². The maximum absolute atomic E-state index is 14.9. The van der Waals surface area contributed by atoms with E-state index < -0.39 is 80.7 Å². The summed E-state index contributed by atoms with van der Waals surface area (Å²) >= 11 is 0. The Hall–Kier alpha value is -2.14. The number of hydrogen-bond acceptors (Lipinski definition) is 10. The first-order chi connectivity index (χ1) is 17.9. The van der Waals surface area contributed by atoms with Gasteiger partial charge in [0.15, 0.2) is 28.4 Å². The highest BCUT2D eigenvalue weighted by atomic mass is 16.8. The molecule has 38 heavy (non-hydrogen) atoms. The molecule has 10 nitrogen and oxygen atoms in total. The number of rotatable bonds is 0. The molecular weight excluding hydrogens is 496 g/mol. The normalized spacial score (nSPS) is 64.1. The van der Waals surface area contributed by atoms with E-state index in [1.807, 2.05) is 19.9 Å². The molecule has 6 saturated heterocycles. The summed E-state index contributed by atoms with van der Waals surface area (Å²) in [5.41, 5.74) is -8.23. The number of carbonyl (C=O) groups is 4. The molecule has 0 aromatic carbocycles. The van der Waals surface area contributed by atoms with Crippen molar-refractivity contribution in [3.8, 4) is 0 Å². The van der Waals surface area contributed by atoms with Crippen LogP contribution in [0.5, 0.6) is 0 Å². The number of esters is 2. The van der Waals surface area contributed by atoms with Crippen molar-refractivity contribution < 1.29 is 48.0 Å². The van der Waals surface area contributed by atoms with Crippen LogP contribution in [-0.2, 0) is 42.9 Å². The summed E-state index contributed by atoms with van der Waals surface area (Å²) in [6.45, 7) is 5.27. The Morgan fingerprint density at radius 1 is 1.05 bits per heavy atom. The fourth-order valence-electron chi connectivity index (χ4n) is 10.9. The largest absolute Gasteiger partial charge is 0.458 e. The fraction of sp³-hybridized carbons (Fsp3) is 0.786. The zero-order valence-corrected chi connectivity index (χ0v) is 21.5. The van der Waals surface area contributed by atoms with Crippen LogP contribution in [0.15, 0.2) is 12.2 Å². The zero-order chi connectivity index (χ0) is 26.5. The molecule has 8 fully saturated rings. The van der Waals surface area contributed by atoms with Gasteiger partial charge in [-0.2, -0.15) is 0 Å². The predicted octanol–water partition coefficient (Wildman–Crippen LogP) is 0.768. The summed E-state index contributed by atoms with van der Waals surface area (Å²) in [6, 6.07) is 0. The van der Waals surface area contributed by atoms with Crippen molar-refractivity contribution in [2.75, 3.05) is 6.61 Å². The number of epoxide rings is 1. The van der Waals surface area contributed by atoms with Crippen LogP contribution in [-0.4, -0.2) is 75.6 Å². The molecule has 2 saturated carbocycles. The molecular formula is C28H30O10. The van der Waals surface area contributed by atoms with Gasteiger partial charge in [-0.3, -0.25) is 14.4 Å². The molecule has 10 heteroatoms. The van der Waals surface area contributed by atoms with E-state index >= 15 is 0 Å². The van der Waals surface area contributed by atoms with Gasteiger partial charge in [0.05, 0.1) is 30.0 Å². The lowest BCUT2D eigenvalue weighted by Crippen LogP contribution is -2.79. The molecule has 0 amide bonds. The number of aliphatic hydroxyl groups is 1. The average molecular weight is 527 g/mol.